The smallest absolute Gasteiger partial charge is 0.291 e. The Hall–Kier alpha value is -3.94. The van der Waals surface area contributed by atoms with Crippen LogP contribution < -0.4 is 10.3 Å². The highest BCUT2D eigenvalue weighted by Crippen LogP contribution is 2.52. The summed E-state index contributed by atoms with van der Waals surface area (Å²) in [6.45, 7) is 2.55. The lowest BCUT2D eigenvalue weighted by atomic mass is 9.84. The lowest BCUT2D eigenvalue weighted by Gasteiger charge is -2.34. The van der Waals surface area contributed by atoms with Gasteiger partial charge in [0.25, 0.3) is 11.8 Å². The number of aryl methyl sites for hydroxylation is 1. The van der Waals surface area contributed by atoms with Crippen molar-refractivity contribution in [2.24, 2.45) is 0 Å². The molecule has 0 aliphatic carbocycles. The lowest BCUT2D eigenvalue weighted by molar-refractivity contribution is -0.126. The first-order chi connectivity index (χ1) is 17.9. The second kappa shape index (κ2) is 8.57. The Morgan fingerprint density at radius 1 is 1.00 bits per heavy atom. The van der Waals surface area contributed by atoms with E-state index in [0.29, 0.717) is 16.3 Å². The fourth-order valence-corrected chi connectivity index (χ4v) is 5.65. The molecule has 0 fully saturated rings. The van der Waals surface area contributed by atoms with E-state index in [1.54, 1.807) is 29.2 Å². The Morgan fingerprint density at radius 2 is 1.76 bits per heavy atom. The summed E-state index contributed by atoms with van der Waals surface area (Å²) in [6.07, 6.45) is 0. The maximum atomic E-state index is 14.6. The molecule has 1 atom stereocenters. The number of hydrogen-bond acceptors (Lipinski definition) is 5. The number of carbonyl (C=O) groups excluding carboxylic acids is 2. The molecular formula is C29H23ClN2O5. The number of ether oxygens (including phenoxy) is 1. The number of nitrogens with zero attached hydrogens (tertiary/aromatic N) is 2. The summed E-state index contributed by atoms with van der Waals surface area (Å²) in [7, 11) is 1.52. The van der Waals surface area contributed by atoms with Crippen molar-refractivity contribution < 1.29 is 18.7 Å². The molecule has 186 valence electrons. The zero-order valence-electron chi connectivity index (χ0n) is 20.3. The molecule has 37 heavy (non-hydrogen) atoms. The predicted molar refractivity (Wildman–Crippen MR) is 140 cm³/mol. The van der Waals surface area contributed by atoms with Crippen LogP contribution in [0.5, 0.6) is 0 Å². The first kappa shape index (κ1) is 23.5. The van der Waals surface area contributed by atoms with Crippen molar-refractivity contribution in [1.29, 1.82) is 0 Å². The molecule has 3 aromatic carbocycles. The number of hydrogen-bond donors (Lipinski definition) is 0. The summed E-state index contributed by atoms with van der Waals surface area (Å²) in [5.41, 5.74) is 1.36. The number of amides is 2. The fourth-order valence-electron chi connectivity index (χ4n) is 5.48. The molecule has 2 aliphatic rings. The lowest BCUT2D eigenvalue weighted by Crippen LogP contribution is -2.54. The molecule has 0 bridgehead atoms. The van der Waals surface area contributed by atoms with E-state index in [1.165, 1.54) is 18.1 Å². The highest BCUT2D eigenvalue weighted by Gasteiger charge is 2.64. The molecule has 8 heteroatoms. The summed E-state index contributed by atoms with van der Waals surface area (Å²) in [5, 5.41) is 0.572. The molecular weight excluding hydrogens is 492 g/mol. The number of para-hydroxylation sites is 1. The van der Waals surface area contributed by atoms with E-state index in [9.17, 15) is 14.4 Å². The summed E-state index contributed by atoms with van der Waals surface area (Å²) in [6, 6.07) is 19.9. The van der Waals surface area contributed by atoms with Gasteiger partial charge in [-0.05, 0) is 36.8 Å². The van der Waals surface area contributed by atoms with Crippen molar-refractivity contribution in [2.75, 3.05) is 25.2 Å². The molecule has 1 aromatic heterocycles. The van der Waals surface area contributed by atoms with Crippen molar-refractivity contribution in [2.45, 2.75) is 19.0 Å². The van der Waals surface area contributed by atoms with Gasteiger partial charge in [0.2, 0.25) is 5.76 Å². The number of anilines is 1. The quantitative estimate of drug-likeness (QED) is 0.387. The van der Waals surface area contributed by atoms with Crippen LogP contribution in [0.4, 0.5) is 5.69 Å². The molecule has 1 unspecified atom stereocenters. The predicted octanol–water partition coefficient (Wildman–Crippen LogP) is 4.65. The number of fused-ring (bicyclic) bond motifs is 5. The summed E-state index contributed by atoms with van der Waals surface area (Å²) in [5.74, 6) is -1.04. The number of halogens is 1. The number of carbonyl (C=O) groups is 2. The molecule has 6 rings (SSSR count). The van der Waals surface area contributed by atoms with Crippen molar-refractivity contribution in [1.82, 2.24) is 4.90 Å². The van der Waals surface area contributed by atoms with Crippen LogP contribution in [0.2, 0.25) is 5.02 Å². The fraction of sp³-hybridized carbons (Fsp3) is 0.207. The number of methoxy groups -OCH3 is 1. The number of rotatable bonds is 5. The molecule has 0 radical (unpaired) electrons. The van der Waals surface area contributed by atoms with Crippen LogP contribution in [0.3, 0.4) is 0 Å². The molecule has 0 saturated heterocycles. The normalized spacial score (nSPS) is 18.2. The molecule has 2 amide bonds. The summed E-state index contributed by atoms with van der Waals surface area (Å²) in [4.78, 5) is 45.5. The second-order valence-electron chi connectivity index (χ2n) is 9.33. The zero-order chi connectivity index (χ0) is 25.9. The monoisotopic (exact) mass is 514 g/mol. The van der Waals surface area contributed by atoms with E-state index in [4.69, 9.17) is 20.8 Å². The minimum absolute atomic E-state index is 0.0206. The largest absolute Gasteiger partial charge is 0.450 e. The maximum Gasteiger partial charge on any atom is 0.291 e. The molecule has 3 heterocycles. The van der Waals surface area contributed by atoms with E-state index >= 15 is 0 Å². The summed E-state index contributed by atoms with van der Waals surface area (Å²) < 4.78 is 11.3. The van der Waals surface area contributed by atoms with E-state index in [1.807, 2.05) is 43.3 Å². The standard InChI is InChI=1S/C29H23ClN2O5/c1-17-7-9-18(10-8-17)16-31-22-6-4-3-5-21(22)29(28(31)35)24-25(33)20-15-19(30)11-12-23(20)37-26(24)27(34)32(29)13-14-36-2/h3-12,15H,13-14,16H2,1-2H3. The highest BCUT2D eigenvalue weighted by atomic mass is 35.5. The van der Waals surface area contributed by atoms with Crippen LogP contribution in [0.25, 0.3) is 11.0 Å². The SMILES string of the molecule is COCCN1C(=O)c2oc3ccc(Cl)cc3c(=O)c2C12C(=O)N(Cc1ccc(C)cc1)c1ccccc12. The van der Waals surface area contributed by atoms with Crippen molar-refractivity contribution in [3.05, 3.63) is 110 Å². The third-order valence-electron chi connectivity index (χ3n) is 7.18. The summed E-state index contributed by atoms with van der Waals surface area (Å²) >= 11 is 6.20. The van der Waals surface area contributed by atoms with Crippen LogP contribution in [0.1, 0.15) is 32.8 Å². The van der Waals surface area contributed by atoms with Crippen LogP contribution >= 0.6 is 11.6 Å². The van der Waals surface area contributed by atoms with E-state index in [0.717, 1.165) is 11.1 Å². The maximum absolute atomic E-state index is 14.6. The zero-order valence-corrected chi connectivity index (χ0v) is 21.0. The Labute approximate surface area is 217 Å². The Kier molecular flexibility index (Phi) is 5.44. The van der Waals surface area contributed by atoms with E-state index in [2.05, 4.69) is 0 Å². The third-order valence-corrected chi connectivity index (χ3v) is 7.41. The van der Waals surface area contributed by atoms with Gasteiger partial charge < -0.3 is 19.0 Å². The van der Waals surface area contributed by atoms with Gasteiger partial charge >= 0.3 is 0 Å². The third kappa shape index (κ3) is 3.27. The van der Waals surface area contributed by atoms with Gasteiger partial charge in [-0.2, -0.15) is 0 Å². The van der Waals surface area contributed by atoms with E-state index in [-0.39, 0.29) is 47.9 Å². The van der Waals surface area contributed by atoms with Crippen LogP contribution in [0, 0.1) is 6.92 Å². The van der Waals surface area contributed by atoms with Crippen molar-refractivity contribution in [3.8, 4) is 0 Å². The average molecular weight is 515 g/mol. The van der Waals surface area contributed by atoms with Gasteiger partial charge in [-0.15, -0.1) is 0 Å². The van der Waals surface area contributed by atoms with Gasteiger partial charge in [0, 0.05) is 24.2 Å². The molecule has 4 aromatic rings. The molecule has 2 aliphatic heterocycles. The molecule has 0 saturated carbocycles. The first-order valence-electron chi connectivity index (χ1n) is 11.9. The number of benzene rings is 3. The van der Waals surface area contributed by atoms with Crippen molar-refractivity contribution in [3.63, 3.8) is 0 Å². The Balaban J connectivity index is 1.64. The second-order valence-corrected chi connectivity index (χ2v) is 9.77. The topological polar surface area (TPSA) is 80.1 Å². The van der Waals surface area contributed by atoms with Crippen LogP contribution in [0.15, 0.2) is 75.9 Å². The van der Waals surface area contributed by atoms with Gasteiger partial charge in [0.05, 0.1) is 29.8 Å². The van der Waals surface area contributed by atoms with Gasteiger partial charge in [-0.3, -0.25) is 14.4 Å². The molecule has 1 spiro atoms. The van der Waals surface area contributed by atoms with Crippen LogP contribution in [-0.4, -0.2) is 37.0 Å². The van der Waals surface area contributed by atoms with Gasteiger partial charge in [-0.1, -0.05) is 59.6 Å². The van der Waals surface area contributed by atoms with E-state index < -0.39 is 16.9 Å². The van der Waals surface area contributed by atoms with Crippen molar-refractivity contribution >= 4 is 40.1 Å². The molecule has 0 N–H and O–H groups in total. The Morgan fingerprint density at radius 3 is 2.51 bits per heavy atom. The van der Waals surface area contributed by atoms with Gasteiger partial charge in [0.15, 0.2) is 11.0 Å². The minimum Gasteiger partial charge on any atom is -0.450 e. The minimum atomic E-state index is -1.68. The average Bonchev–Trinajstić information content (AvgIpc) is 3.29. The first-order valence-corrected chi connectivity index (χ1v) is 12.3. The Bertz CT molecular complexity index is 1640. The molecule has 7 nitrogen and oxygen atoms in total. The van der Waals surface area contributed by atoms with Gasteiger partial charge in [-0.25, -0.2) is 0 Å². The van der Waals surface area contributed by atoms with Crippen LogP contribution in [-0.2, 0) is 21.6 Å². The highest BCUT2D eigenvalue weighted by molar-refractivity contribution is 6.31. The van der Waals surface area contributed by atoms with Gasteiger partial charge in [0.1, 0.15) is 5.58 Å².